The van der Waals surface area contributed by atoms with Crippen LogP contribution in [0.15, 0.2) is 54.6 Å². The molecule has 0 spiro atoms. The highest BCUT2D eigenvalue weighted by molar-refractivity contribution is 5.88. The molecule has 1 unspecified atom stereocenters. The van der Waals surface area contributed by atoms with Crippen LogP contribution in [0.1, 0.15) is 24.0 Å². The van der Waals surface area contributed by atoms with E-state index in [2.05, 4.69) is 0 Å². The van der Waals surface area contributed by atoms with Gasteiger partial charge in [0.1, 0.15) is 18.4 Å². The van der Waals surface area contributed by atoms with Gasteiger partial charge in [0.05, 0.1) is 7.11 Å². The van der Waals surface area contributed by atoms with Gasteiger partial charge in [-0.05, 0) is 29.7 Å². The van der Waals surface area contributed by atoms with Crippen LogP contribution in [0.5, 0.6) is 5.75 Å². The first-order chi connectivity index (χ1) is 12.2. The quantitative estimate of drug-likeness (QED) is 0.760. The van der Waals surface area contributed by atoms with Crippen molar-refractivity contribution in [2.75, 3.05) is 7.11 Å². The first-order valence-electron chi connectivity index (χ1n) is 8.30. The summed E-state index contributed by atoms with van der Waals surface area (Å²) in [5.74, 6) is 0.399. The van der Waals surface area contributed by atoms with Crippen LogP contribution in [0.25, 0.3) is 0 Å². The van der Waals surface area contributed by atoms with Gasteiger partial charge in [-0.2, -0.15) is 0 Å². The third-order valence-electron chi connectivity index (χ3n) is 4.34. The van der Waals surface area contributed by atoms with Crippen LogP contribution < -0.4 is 4.74 Å². The highest BCUT2D eigenvalue weighted by Gasteiger charge is 2.37. The average Bonchev–Trinajstić information content (AvgIpc) is 3.02. The van der Waals surface area contributed by atoms with E-state index in [0.29, 0.717) is 19.4 Å². The summed E-state index contributed by atoms with van der Waals surface area (Å²) in [6.45, 7) is 0.620. The van der Waals surface area contributed by atoms with Gasteiger partial charge >= 0.3 is 5.97 Å². The lowest BCUT2D eigenvalue weighted by Gasteiger charge is -2.23. The Kier molecular flexibility index (Phi) is 5.33. The Hall–Kier alpha value is -2.82. The predicted octanol–water partition coefficient (Wildman–Crippen LogP) is 2.93. The monoisotopic (exact) mass is 339 g/mol. The van der Waals surface area contributed by atoms with E-state index in [1.165, 1.54) is 0 Å². The third kappa shape index (κ3) is 4.18. The minimum Gasteiger partial charge on any atom is -0.497 e. The van der Waals surface area contributed by atoms with Gasteiger partial charge in [0, 0.05) is 13.0 Å². The second kappa shape index (κ2) is 7.83. The molecule has 0 saturated carbocycles. The van der Waals surface area contributed by atoms with Crippen LogP contribution in [0, 0.1) is 0 Å². The topological polar surface area (TPSA) is 55.8 Å². The van der Waals surface area contributed by atoms with Gasteiger partial charge in [0.25, 0.3) is 0 Å². The van der Waals surface area contributed by atoms with Crippen LogP contribution >= 0.6 is 0 Å². The second-order valence-corrected chi connectivity index (χ2v) is 6.02. The molecule has 130 valence electrons. The van der Waals surface area contributed by atoms with E-state index in [9.17, 15) is 9.59 Å². The standard InChI is InChI=1S/C20H21NO4/c1-24-17-9-7-15(8-10-17)13-21-18(11-12-19(21)22)20(23)25-14-16-5-3-2-4-6-16/h2-10,18H,11-14H2,1H3. The van der Waals surface area contributed by atoms with Crippen molar-refractivity contribution in [2.24, 2.45) is 0 Å². The fourth-order valence-electron chi connectivity index (χ4n) is 2.93. The summed E-state index contributed by atoms with van der Waals surface area (Å²) in [6.07, 6.45) is 0.879. The molecule has 3 rings (SSSR count). The van der Waals surface area contributed by atoms with E-state index in [1.807, 2.05) is 54.6 Å². The number of likely N-dealkylation sites (tertiary alicyclic amines) is 1. The molecule has 1 aliphatic heterocycles. The van der Waals surface area contributed by atoms with Crippen LogP contribution in [0.3, 0.4) is 0 Å². The normalized spacial score (nSPS) is 16.8. The smallest absolute Gasteiger partial charge is 0.329 e. The predicted molar refractivity (Wildman–Crippen MR) is 92.8 cm³/mol. The Morgan fingerprint density at radius 2 is 1.80 bits per heavy atom. The molecule has 1 saturated heterocycles. The minimum atomic E-state index is -0.515. The van der Waals surface area contributed by atoms with Crippen molar-refractivity contribution in [3.8, 4) is 5.75 Å². The van der Waals surface area contributed by atoms with E-state index in [-0.39, 0.29) is 18.5 Å². The molecule has 25 heavy (non-hydrogen) atoms. The number of methoxy groups -OCH3 is 1. The maximum atomic E-state index is 12.4. The maximum Gasteiger partial charge on any atom is 0.329 e. The molecule has 2 aromatic carbocycles. The minimum absolute atomic E-state index is 0.0162. The molecule has 0 aliphatic carbocycles. The van der Waals surface area contributed by atoms with Gasteiger partial charge in [-0.25, -0.2) is 4.79 Å². The number of hydrogen-bond donors (Lipinski definition) is 0. The summed E-state index contributed by atoms with van der Waals surface area (Å²) in [4.78, 5) is 26.2. The molecule has 5 nitrogen and oxygen atoms in total. The van der Waals surface area contributed by atoms with Crippen molar-refractivity contribution in [1.29, 1.82) is 0 Å². The molecule has 1 atom stereocenters. The Morgan fingerprint density at radius 1 is 1.08 bits per heavy atom. The number of nitrogens with zero attached hydrogens (tertiary/aromatic N) is 1. The molecule has 1 aliphatic rings. The Bertz CT molecular complexity index is 727. The van der Waals surface area contributed by atoms with Crippen LogP contribution in [0.2, 0.25) is 0 Å². The Labute approximate surface area is 147 Å². The number of rotatable bonds is 6. The third-order valence-corrected chi connectivity index (χ3v) is 4.34. The lowest BCUT2D eigenvalue weighted by Crippen LogP contribution is -2.39. The SMILES string of the molecule is COc1ccc(CN2C(=O)CCC2C(=O)OCc2ccccc2)cc1. The zero-order chi connectivity index (χ0) is 17.6. The van der Waals surface area contributed by atoms with E-state index in [1.54, 1.807) is 12.0 Å². The molecule has 1 fully saturated rings. The highest BCUT2D eigenvalue weighted by Crippen LogP contribution is 2.24. The van der Waals surface area contributed by atoms with Crippen molar-refractivity contribution in [2.45, 2.75) is 32.0 Å². The molecule has 5 heteroatoms. The molecule has 0 radical (unpaired) electrons. The second-order valence-electron chi connectivity index (χ2n) is 6.02. The summed E-state index contributed by atoms with van der Waals surface area (Å²) in [5, 5.41) is 0. The van der Waals surface area contributed by atoms with E-state index >= 15 is 0 Å². The molecule has 0 aromatic heterocycles. The van der Waals surface area contributed by atoms with Crippen molar-refractivity contribution < 1.29 is 19.1 Å². The maximum absolute atomic E-state index is 12.4. The number of carbonyl (C=O) groups is 2. The Morgan fingerprint density at radius 3 is 2.48 bits per heavy atom. The van der Waals surface area contributed by atoms with E-state index < -0.39 is 6.04 Å². The van der Waals surface area contributed by atoms with Crippen molar-refractivity contribution >= 4 is 11.9 Å². The van der Waals surface area contributed by atoms with Crippen LogP contribution in [-0.4, -0.2) is 29.9 Å². The van der Waals surface area contributed by atoms with Gasteiger partial charge in [-0.3, -0.25) is 4.79 Å². The van der Waals surface area contributed by atoms with Gasteiger partial charge in [0.2, 0.25) is 5.91 Å². The molecule has 2 aromatic rings. The first kappa shape index (κ1) is 17.0. The van der Waals surface area contributed by atoms with Crippen molar-refractivity contribution in [3.63, 3.8) is 0 Å². The molecule has 1 heterocycles. The molecular formula is C20H21NO4. The summed E-state index contributed by atoms with van der Waals surface area (Å²) >= 11 is 0. The zero-order valence-corrected chi connectivity index (χ0v) is 14.2. The number of ether oxygens (including phenoxy) is 2. The van der Waals surface area contributed by atoms with Crippen molar-refractivity contribution in [1.82, 2.24) is 4.90 Å². The fourth-order valence-corrected chi connectivity index (χ4v) is 2.93. The molecular weight excluding hydrogens is 318 g/mol. The van der Waals surface area contributed by atoms with Crippen molar-refractivity contribution in [3.05, 3.63) is 65.7 Å². The number of hydrogen-bond acceptors (Lipinski definition) is 4. The fraction of sp³-hybridized carbons (Fsp3) is 0.300. The Balaban J connectivity index is 1.63. The number of esters is 1. The zero-order valence-electron chi connectivity index (χ0n) is 14.2. The number of benzene rings is 2. The summed E-state index contributed by atoms with van der Waals surface area (Å²) < 4.78 is 10.6. The van der Waals surface area contributed by atoms with Crippen LogP contribution in [0.4, 0.5) is 0 Å². The van der Waals surface area contributed by atoms with Gasteiger partial charge in [-0.1, -0.05) is 42.5 Å². The lowest BCUT2D eigenvalue weighted by molar-refractivity contribution is -0.153. The van der Waals surface area contributed by atoms with Gasteiger partial charge in [-0.15, -0.1) is 0 Å². The summed E-state index contributed by atoms with van der Waals surface area (Å²) in [5.41, 5.74) is 1.89. The molecule has 0 N–H and O–H groups in total. The summed E-state index contributed by atoms with van der Waals surface area (Å²) in [6, 6.07) is 16.5. The lowest BCUT2D eigenvalue weighted by atomic mass is 10.1. The highest BCUT2D eigenvalue weighted by atomic mass is 16.5. The van der Waals surface area contributed by atoms with E-state index in [4.69, 9.17) is 9.47 Å². The average molecular weight is 339 g/mol. The summed E-state index contributed by atoms with van der Waals surface area (Å²) in [7, 11) is 1.61. The molecule has 1 amide bonds. The first-order valence-corrected chi connectivity index (χ1v) is 8.30. The van der Waals surface area contributed by atoms with Gasteiger partial charge in [0.15, 0.2) is 0 Å². The van der Waals surface area contributed by atoms with Crippen LogP contribution in [-0.2, 0) is 27.5 Å². The number of carbonyl (C=O) groups excluding carboxylic acids is 2. The van der Waals surface area contributed by atoms with E-state index in [0.717, 1.165) is 16.9 Å². The number of amides is 1. The van der Waals surface area contributed by atoms with Gasteiger partial charge < -0.3 is 14.4 Å². The molecule has 0 bridgehead atoms. The largest absolute Gasteiger partial charge is 0.497 e.